The Labute approximate surface area is 99.8 Å². The topological polar surface area (TPSA) is 43.1 Å². The summed E-state index contributed by atoms with van der Waals surface area (Å²) in [5.74, 6) is -2.00. The molecule has 17 heavy (non-hydrogen) atoms. The maximum Gasteiger partial charge on any atom is 0.254 e. The van der Waals surface area contributed by atoms with Crippen molar-refractivity contribution >= 4 is 5.91 Å². The van der Waals surface area contributed by atoms with Gasteiger partial charge in [0.15, 0.2) is 0 Å². The Hall–Kier alpha value is -1.45. The van der Waals surface area contributed by atoms with E-state index < -0.39 is 18.3 Å². The van der Waals surface area contributed by atoms with E-state index in [-0.39, 0.29) is 5.56 Å². The van der Waals surface area contributed by atoms with Gasteiger partial charge in [-0.3, -0.25) is 4.79 Å². The molecule has 94 valence electrons. The average Bonchev–Trinajstić information content (AvgIpc) is 2.18. The first kappa shape index (κ1) is 13.6. The molecule has 1 aromatic rings. The van der Waals surface area contributed by atoms with Gasteiger partial charge in [-0.25, -0.2) is 8.78 Å². The second kappa shape index (κ2) is 5.75. The summed E-state index contributed by atoms with van der Waals surface area (Å²) < 4.78 is 25.3. The maximum absolute atomic E-state index is 12.6. The molecule has 0 bridgehead atoms. The number of amides is 1. The summed E-state index contributed by atoms with van der Waals surface area (Å²) in [6.07, 6.45) is -1.88. The van der Waals surface area contributed by atoms with Crippen LogP contribution in [0.15, 0.2) is 24.3 Å². The number of primary amides is 1. The minimum absolute atomic E-state index is 0.278. The highest BCUT2D eigenvalue weighted by Gasteiger charge is 2.27. The van der Waals surface area contributed by atoms with Crippen LogP contribution in [0.3, 0.4) is 0 Å². The number of halogens is 2. The van der Waals surface area contributed by atoms with Crippen LogP contribution in [-0.2, 0) is 11.2 Å². The van der Waals surface area contributed by atoms with Crippen molar-refractivity contribution in [3.05, 3.63) is 35.4 Å². The zero-order chi connectivity index (χ0) is 13.0. The van der Waals surface area contributed by atoms with Crippen LogP contribution in [0.1, 0.15) is 30.9 Å². The van der Waals surface area contributed by atoms with Gasteiger partial charge in [0.25, 0.3) is 6.43 Å². The molecule has 0 fully saturated rings. The zero-order valence-electron chi connectivity index (χ0n) is 9.99. The quantitative estimate of drug-likeness (QED) is 0.846. The van der Waals surface area contributed by atoms with Crippen molar-refractivity contribution in [1.29, 1.82) is 0 Å². The molecular weight excluding hydrogens is 224 g/mol. The summed E-state index contributed by atoms with van der Waals surface area (Å²) in [4.78, 5) is 10.9. The van der Waals surface area contributed by atoms with Gasteiger partial charge in [0.2, 0.25) is 5.91 Å². The number of carbonyl (C=O) groups is 1. The molecule has 0 aliphatic carbocycles. The molecule has 0 aliphatic heterocycles. The summed E-state index contributed by atoms with van der Waals surface area (Å²) >= 11 is 0. The van der Waals surface area contributed by atoms with Gasteiger partial charge >= 0.3 is 0 Å². The molecule has 4 heteroatoms. The Kier molecular flexibility index (Phi) is 4.61. The number of hydrogen-bond acceptors (Lipinski definition) is 1. The van der Waals surface area contributed by atoms with Crippen LogP contribution < -0.4 is 5.73 Å². The van der Waals surface area contributed by atoms with Crippen LogP contribution in [0.25, 0.3) is 0 Å². The van der Waals surface area contributed by atoms with E-state index in [1.165, 1.54) is 0 Å². The van der Waals surface area contributed by atoms with E-state index >= 15 is 0 Å². The van der Waals surface area contributed by atoms with Gasteiger partial charge in [0.1, 0.15) is 5.92 Å². The van der Waals surface area contributed by atoms with Crippen molar-refractivity contribution < 1.29 is 13.6 Å². The lowest BCUT2D eigenvalue weighted by atomic mass is 9.95. The molecule has 1 aromatic carbocycles. The molecule has 2 nitrogen and oxygen atoms in total. The van der Waals surface area contributed by atoms with E-state index in [0.717, 1.165) is 12.0 Å². The lowest BCUT2D eigenvalue weighted by molar-refractivity contribution is -0.122. The van der Waals surface area contributed by atoms with Crippen molar-refractivity contribution in [2.24, 2.45) is 11.7 Å². The number of hydrogen-bond donors (Lipinski definition) is 1. The van der Waals surface area contributed by atoms with Gasteiger partial charge in [-0.15, -0.1) is 0 Å². The molecule has 0 aliphatic rings. The fourth-order valence-electron chi connectivity index (χ4n) is 1.77. The molecule has 0 heterocycles. The minimum atomic E-state index is -2.76. The minimum Gasteiger partial charge on any atom is -0.369 e. The summed E-state index contributed by atoms with van der Waals surface area (Å²) in [5.41, 5.74) is 6.32. The lowest BCUT2D eigenvalue weighted by Gasteiger charge is -2.13. The number of benzene rings is 1. The summed E-state index contributed by atoms with van der Waals surface area (Å²) in [6, 6.07) is 6.65. The Morgan fingerprint density at radius 2 is 1.76 bits per heavy atom. The van der Waals surface area contributed by atoms with Gasteiger partial charge < -0.3 is 5.73 Å². The first-order valence-electron chi connectivity index (χ1n) is 5.58. The second-order valence-electron chi connectivity index (χ2n) is 4.55. The van der Waals surface area contributed by atoms with Gasteiger partial charge in [-0.05, 0) is 23.5 Å². The third-order valence-corrected chi connectivity index (χ3v) is 2.54. The Bertz CT molecular complexity index is 374. The van der Waals surface area contributed by atoms with E-state index in [1.807, 2.05) is 0 Å². The van der Waals surface area contributed by atoms with E-state index in [0.29, 0.717) is 5.92 Å². The molecule has 0 spiro atoms. The maximum atomic E-state index is 12.6. The molecule has 0 unspecified atom stereocenters. The highest BCUT2D eigenvalue weighted by atomic mass is 19.3. The fraction of sp³-hybridized carbons (Fsp3) is 0.462. The fourth-order valence-corrected chi connectivity index (χ4v) is 1.77. The Balaban J connectivity index is 2.88. The SMILES string of the molecule is CC(C)Cc1ccc([C@@H](C(N)=O)C(F)F)cc1. The third kappa shape index (κ3) is 3.80. The zero-order valence-corrected chi connectivity index (χ0v) is 9.99. The van der Waals surface area contributed by atoms with Crippen LogP contribution in [0.5, 0.6) is 0 Å². The Morgan fingerprint density at radius 1 is 1.24 bits per heavy atom. The van der Waals surface area contributed by atoms with E-state index in [9.17, 15) is 13.6 Å². The number of carbonyl (C=O) groups excluding carboxylic acids is 1. The normalized spacial score (nSPS) is 13.1. The predicted molar refractivity (Wildman–Crippen MR) is 62.9 cm³/mol. The lowest BCUT2D eigenvalue weighted by Crippen LogP contribution is -2.27. The highest BCUT2D eigenvalue weighted by Crippen LogP contribution is 2.23. The molecular formula is C13H17F2NO. The van der Waals surface area contributed by atoms with Crippen molar-refractivity contribution in [3.8, 4) is 0 Å². The summed E-state index contributed by atoms with van der Waals surface area (Å²) in [7, 11) is 0. The van der Waals surface area contributed by atoms with Crippen molar-refractivity contribution in [3.63, 3.8) is 0 Å². The van der Waals surface area contributed by atoms with Crippen LogP contribution in [0.2, 0.25) is 0 Å². The smallest absolute Gasteiger partial charge is 0.254 e. The molecule has 0 radical (unpaired) electrons. The third-order valence-electron chi connectivity index (χ3n) is 2.54. The summed E-state index contributed by atoms with van der Waals surface area (Å²) in [6.45, 7) is 4.17. The van der Waals surface area contributed by atoms with Crippen LogP contribution in [0, 0.1) is 5.92 Å². The predicted octanol–water partition coefficient (Wildman–Crippen LogP) is 2.72. The average molecular weight is 241 g/mol. The number of nitrogens with two attached hydrogens (primary N) is 1. The van der Waals surface area contributed by atoms with Gasteiger partial charge in [0, 0.05) is 0 Å². The van der Waals surface area contributed by atoms with E-state index in [1.54, 1.807) is 24.3 Å². The first-order chi connectivity index (χ1) is 7.91. The van der Waals surface area contributed by atoms with Gasteiger partial charge in [-0.1, -0.05) is 38.1 Å². The monoisotopic (exact) mass is 241 g/mol. The van der Waals surface area contributed by atoms with Crippen LogP contribution in [-0.4, -0.2) is 12.3 Å². The summed E-state index contributed by atoms with van der Waals surface area (Å²) in [5, 5.41) is 0. The van der Waals surface area contributed by atoms with Gasteiger partial charge in [-0.2, -0.15) is 0 Å². The van der Waals surface area contributed by atoms with Gasteiger partial charge in [0.05, 0.1) is 0 Å². The van der Waals surface area contributed by atoms with Crippen molar-refractivity contribution in [2.45, 2.75) is 32.6 Å². The van der Waals surface area contributed by atoms with Crippen molar-refractivity contribution in [1.82, 2.24) is 0 Å². The largest absolute Gasteiger partial charge is 0.369 e. The van der Waals surface area contributed by atoms with Crippen LogP contribution in [0.4, 0.5) is 8.78 Å². The molecule has 0 saturated heterocycles. The molecule has 1 amide bonds. The van der Waals surface area contributed by atoms with E-state index in [2.05, 4.69) is 13.8 Å². The second-order valence-corrected chi connectivity index (χ2v) is 4.55. The molecule has 0 saturated carbocycles. The highest BCUT2D eigenvalue weighted by molar-refractivity contribution is 5.82. The molecule has 1 rings (SSSR count). The Morgan fingerprint density at radius 3 is 2.12 bits per heavy atom. The molecule has 1 atom stereocenters. The molecule has 0 aromatic heterocycles. The first-order valence-corrected chi connectivity index (χ1v) is 5.58. The van der Waals surface area contributed by atoms with Crippen molar-refractivity contribution in [2.75, 3.05) is 0 Å². The van der Waals surface area contributed by atoms with E-state index in [4.69, 9.17) is 5.73 Å². The van der Waals surface area contributed by atoms with Crippen LogP contribution >= 0.6 is 0 Å². The number of alkyl halides is 2. The number of rotatable bonds is 5. The standard InChI is InChI=1S/C13H17F2NO/c1-8(2)7-9-3-5-10(6-4-9)11(12(14)15)13(16)17/h3-6,8,11-12H,7H2,1-2H3,(H2,16,17)/t11-/m1/s1. The molecule has 2 N–H and O–H groups in total.